The molecule has 2 heterocycles. The van der Waals surface area contributed by atoms with Gasteiger partial charge in [-0.25, -0.2) is 4.79 Å². The second kappa shape index (κ2) is 7.70. The Morgan fingerprint density at radius 2 is 2.15 bits per heavy atom. The molecule has 7 nitrogen and oxygen atoms in total. The molecule has 3 N–H and O–H groups in total. The van der Waals surface area contributed by atoms with Crippen molar-refractivity contribution in [2.24, 2.45) is 0 Å². The van der Waals surface area contributed by atoms with Crippen molar-refractivity contribution < 1.29 is 24.2 Å². The van der Waals surface area contributed by atoms with E-state index in [-0.39, 0.29) is 18.6 Å². The van der Waals surface area contributed by atoms with Crippen LogP contribution in [0.3, 0.4) is 0 Å². The van der Waals surface area contributed by atoms with Gasteiger partial charge in [0.1, 0.15) is 12.7 Å². The zero-order valence-electron chi connectivity index (χ0n) is 15.1. The maximum absolute atomic E-state index is 12.8. The lowest BCUT2D eigenvalue weighted by Gasteiger charge is -2.31. The van der Waals surface area contributed by atoms with E-state index in [9.17, 15) is 9.59 Å². The van der Waals surface area contributed by atoms with Crippen molar-refractivity contribution in [3.05, 3.63) is 35.0 Å². The summed E-state index contributed by atoms with van der Waals surface area (Å²) in [4.78, 5) is 27.0. The van der Waals surface area contributed by atoms with E-state index < -0.39 is 18.7 Å². The highest BCUT2D eigenvalue weighted by atomic mass is 16.5. The summed E-state index contributed by atoms with van der Waals surface area (Å²) in [7, 11) is 0. The summed E-state index contributed by atoms with van der Waals surface area (Å²) < 4.78 is 10.7. The number of aromatic nitrogens is 1. The number of ether oxygens (including phenoxy) is 2. The predicted octanol–water partition coefficient (Wildman–Crippen LogP) is 2.04. The standard InChI is InChI=1S/C20H24N2O5/c23-19(24)11-27-18-10-26-8-7-17(18)22-20(25)12-5-6-16-14(9-12)13-3-1-2-4-15(13)21-16/h5-6,9,17-18,21H,1-4,7-8,10-11H2,(H,22,25)(H,23,24)/t17-,18-/m1/s1. The number of aliphatic carboxylic acids is 1. The number of carboxylic acid groups (broad SMARTS) is 1. The maximum atomic E-state index is 12.8. The Morgan fingerprint density at radius 1 is 1.30 bits per heavy atom. The molecule has 1 aromatic carbocycles. The SMILES string of the molecule is O=C(O)CO[C@@H]1COCC[C@H]1NC(=O)c1ccc2[nH]c3c(c2c1)CCCC3. The van der Waals surface area contributed by atoms with Crippen LogP contribution in [0.2, 0.25) is 0 Å². The maximum Gasteiger partial charge on any atom is 0.329 e. The van der Waals surface area contributed by atoms with Crippen LogP contribution in [0.25, 0.3) is 10.9 Å². The molecule has 4 rings (SSSR count). The second-order valence-corrected chi connectivity index (χ2v) is 7.24. The van der Waals surface area contributed by atoms with Gasteiger partial charge in [0.05, 0.1) is 12.6 Å². The van der Waals surface area contributed by atoms with Crippen LogP contribution in [0.1, 0.15) is 40.9 Å². The molecule has 1 fully saturated rings. The molecule has 2 aromatic rings. The van der Waals surface area contributed by atoms with Gasteiger partial charge >= 0.3 is 5.97 Å². The van der Waals surface area contributed by atoms with Crippen LogP contribution in [0.15, 0.2) is 18.2 Å². The molecule has 1 aliphatic heterocycles. The van der Waals surface area contributed by atoms with E-state index in [1.165, 1.54) is 24.1 Å². The largest absolute Gasteiger partial charge is 0.480 e. The fourth-order valence-electron chi connectivity index (χ4n) is 4.02. The first kappa shape index (κ1) is 18.0. The van der Waals surface area contributed by atoms with Crippen LogP contribution < -0.4 is 5.32 Å². The molecule has 1 saturated heterocycles. The van der Waals surface area contributed by atoms with E-state index in [2.05, 4.69) is 10.3 Å². The fourth-order valence-corrected chi connectivity index (χ4v) is 4.02. The Bertz CT molecular complexity index is 859. The average Bonchev–Trinajstić information content (AvgIpc) is 3.05. The highest BCUT2D eigenvalue weighted by Crippen LogP contribution is 2.29. The smallest absolute Gasteiger partial charge is 0.329 e. The Labute approximate surface area is 157 Å². The molecule has 0 unspecified atom stereocenters. The van der Waals surface area contributed by atoms with Crippen LogP contribution in [0, 0.1) is 0 Å². The Balaban J connectivity index is 1.50. The first-order chi connectivity index (χ1) is 13.1. The molecule has 1 amide bonds. The highest BCUT2D eigenvalue weighted by molar-refractivity contribution is 5.99. The van der Waals surface area contributed by atoms with Crippen LogP contribution in [0.4, 0.5) is 0 Å². The van der Waals surface area contributed by atoms with Crippen molar-refractivity contribution in [3.63, 3.8) is 0 Å². The number of nitrogens with one attached hydrogen (secondary N) is 2. The van der Waals surface area contributed by atoms with Gasteiger partial charge in [0.25, 0.3) is 5.91 Å². The van der Waals surface area contributed by atoms with E-state index in [0.717, 1.165) is 23.7 Å². The zero-order chi connectivity index (χ0) is 18.8. The summed E-state index contributed by atoms with van der Waals surface area (Å²) in [6.45, 7) is 0.395. The lowest BCUT2D eigenvalue weighted by Crippen LogP contribution is -2.50. The van der Waals surface area contributed by atoms with Gasteiger partial charge in [-0.1, -0.05) is 0 Å². The molecule has 0 bridgehead atoms. The molecule has 0 radical (unpaired) electrons. The van der Waals surface area contributed by atoms with Crippen LogP contribution in [-0.2, 0) is 27.1 Å². The number of aromatic amines is 1. The number of benzene rings is 1. The van der Waals surface area contributed by atoms with Gasteiger partial charge in [-0.05, 0) is 55.9 Å². The number of carbonyl (C=O) groups is 2. The third kappa shape index (κ3) is 3.84. The lowest BCUT2D eigenvalue weighted by atomic mass is 9.95. The predicted molar refractivity (Wildman–Crippen MR) is 99.0 cm³/mol. The molecule has 27 heavy (non-hydrogen) atoms. The molecule has 1 aromatic heterocycles. The van der Waals surface area contributed by atoms with Gasteiger partial charge in [0.2, 0.25) is 0 Å². The summed E-state index contributed by atoms with van der Waals surface area (Å²) in [5.74, 6) is -1.20. The van der Waals surface area contributed by atoms with Crippen molar-refractivity contribution in [1.82, 2.24) is 10.3 Å². The minimum absolute atomic E-state index is 0.168. The Kier molecular flexibility index (Phi) is 5.13. The lowest BCUT2D eigenvalue weighted by molar-refractivity contribution is -0.148. The molecule has 7 heteroatoms. The summed E-state index contributed by atoms with van der Waals surface area (Å²) in [6.07, 6.45) is 4.64. The van der Waals surface area contributed by atoms with Crippen molar-refractivity contribution in [2.45, 2.75) is 44.2 Å². The first-order valence-electron chi connectivity index (χ1n) is 9.47. The summed E-state index contributed by atoms with van der Waals surface area (Å²) in [5.41, 5.74) is 4.31. The number of carboxylic acids is 1. The number of fused-ring (bicyclic) bond motifs is 3. The minimum Gasteiger partial charge on any atom is -0.480 e. The quantitative estimate of drug-likeness (QED) is 0.746. The molecular formula is C20H24N2O5. The number of rotatable bonds is 5. The number of H-pyrrole nitrogens is 1. The number of hydrogen-bond acceptors (Lipinski definition) is 4. The van der Waals surface area contributed by atoms with Gasteiger partial charge in [-0.3, -0.25) is 4.79 Å². The van der Waals surface area contributed by atoms with Gasteiger partial charge in [-0.15, -0.1) is 0 Å². The number of aryl methyl sites for hydroxylation is 2. The normalized spacial score (nSPS) is 22.4. The number of carbonyl (C=O) groups excluding carboxylic acids is 1. The van der Waals surface area contributed by atoms with E-state index in [4.69, 9.17) is 14.6 Å². The number of amides is 1. The summed E-state index contributed by atoms with van der Waals surface area (Å²) in [6, 6.07) is 5.48. The molecule has 0 spiro atoms. The third-order valence-corrected chi connectivity index (χ3v) is 5.40. The van der Waals surface area contributed by atoms with E-state index in [0.29, 0.717) is 18.6 Å². The highest BCUT2D eigenvalue weighted by Gasteiger charge is 2.29. The molecule has 2 atom stereocenters. The Morgan fingerprint density at radius 3 is 3.00 bits per heavy atom. The van der Waals surface area contributed by atoms with E-state index in [1.54, 1.807) is 0 Å². The fraction of sp³-hybridized carbons (Fsp3) is 0.500. The van der Waals surface area contributed by atoms with Gasteiger partial charge in [-0.2, -0.15) is 0 Å². The summed E-state index contributed by atoms with van der Waals surface area (Å²) >= 11 is 0. The van der Waals surface area contributed by atoms with Crippen LogP contribution in [0.5, 0.6) is 0 Å². The van der Waals surface area contributed by atoms with Crippen molar-refractivity contribution in [2.75, 3.05) is 19.8 Å². The minimum atomic E-state index is -1.03. The first-order valence-corrected chi connectivity index (χ1v) is 9.47. The molecule has 0 saturated carbocycles. The zero-order valence-corrected chi connectivity index (χ0v) is 15.1. The van der Waals surface area contributed by atoms with Gasteiger partial charge < -0.3 is 24.9 Å². The van der Waals surface area contributed by atoms with Gasteiger partial charge in [0, 0.05) is 28.8 Å². The molecule has 144 valence electrons. The van der Waals surface area contributed by atoms with Crippen LogP contribution in [-0.4, -0.2) is 53.9 Å². The monoisotopic (exact) mass is 372 g/mol. The van der Waals surface area contributed by atoms with E-state index in [1.807, 2.05) is 18.2 Å². The summed E-state index contributed by atoms with van der Waals surface area (Å²) in [5, 5.41) is 12.9. The molecular weight excluding hydrogens is 348 g/mol. The number of hydrogen-bond donors (Lipinski definition) is 3. The van der Waals surface area contributed by atoms with Crippen molar-refractivity contribution in [1.29, 1.82) is 0 Å². The van der Waals surface area contributed by atoms with Crippen molar-refractivity contribution in [3.8, 4) is 0 Å². The van der Waals surface area contributed by atoms with Crippen molar-refractivity contribution >= 4 is 22.8 Å². The van der Waals surface area contributed by atoms with Gasteiger partial charge in [0.15, 0.2) is 0 Å². The van der Waals surface area contributed by atoms with Crippen LogP contribution >= 0.6 is 0 Å². The average molecular weight is 372 g/mol. The topological polar surface area (TPSA) is 101 Å². The molecule has 1 aliphatic carbocycles. The third-order valence-electron chi connectivity index (χ3n) is 5.40. The second-order valence-electron chi connectivity index (χ2n) is 7.24. The Hall–Kier alpha value is -2.38. The van der Waals surface area contributed by atoms with E-state index >= 15 is 0 Å². The molecule has 2 aliphatic rings.